The monoisotopic (exact) mass is 275 g/mol. The number of nitrogens with two attached hydrogens (primary N) is 1. The second-order valence-corrected chi connectivity index (χ2v) is 5.73. The molecule has 4 nitrogen and oxygen atoms in total. The zero-order valence-corrected chi connectivity index (χ0v) is 12.3. The molecular formula is C16H25N3O. The number of benzene rings is 1. The number of carbonyl (C=O) groups excluding carboxylic acids is 1. The molecule has 0 spiro atoms. The summed E-state index contributed by atoms with van der Waals surface area (Å²) in [6, 6.07) is 8.01. The quantitative estimate of drug-likeness (QED) is 0.835. The summed E-state index contributed by atoms with van der Waals surface area (Å²) in [5.41, 5.74) is 7.77. The predicted octanol–water partition coefficient (Wildman–Crippen LogP) is 2.00. The van der Waals surface area contributed by atoms with E-state index in [0.717, 1.165) is 18.7 Å². The standard InChI is InChI=1S/C16H25N3O/c1-13(17)11-16(20)18-15-6-4-5-14(12-15)7-10-19-8-2-3-9-19/h4-6,12-13H,2-3,7-11,17H2,1H3,(H,18,20). The lowest BCUT2D eigenvalue weighted by Gasteiger charge is -2.14. The molecule has 1 aliphatic heterocycles. The first-order valence-corrected chi connectivity index (χ1v) is 7.50. The first-order valence-electron chi connectivity index (χ1n) is 7.50. The molecule has 4 heteroatoms. The van der Waals surface area contributed by atoms with Crippen LogP contribution in [0.1, 0.15) is 31.7 Å². The second kappa shape index (κ2) is 7.41. The number of hydrogen-bond acceptors (Lipinski definition) is 3. The van der Waals surface area contributed by atoms with Gasteiger partial charge < -0.3 is 16.0 Å². The van der Waals surface area contributed by atoms with Crippen LogP contribution in [0.25, 0.3) is 0 Å². The molecular weight excluding hydrogens is 250 g/mol. The van der Waals surface area contributed by atoms with Crippen LogP contribution in [0.4, 0.5) is 5.69 Å². The topological polar surface area (TPSA) is 58.4 Å². The van der Waals surface area contributed by atoms with Crippen LogP contribution < -0.4 is 11.1 Å². The van der Waals surface area contributed by atoms with Crippen LogP contribution in [-0.4, -0.2) is 36.5 Å². The molecule has 1 atom stereocenters. The number of rotatable bonds is 6. The van der Waals surface area contributed by atoms with Gasteiger partial charge in [-0.05, 0) is 57.0 Å². The van der Waals surface area contributed by atoms with E-state index in [1.165, 1.54) is 31.5 Å². The number of carbonyl (C=O) groups is 1. The van der Waals surface area contributed by atoms with Gasteiger partial charge in [0.25, 0.3) is 0 Å². The molecule has 1 amide bonds. The van der Waals surface area contributed by atoms with Crippen molar-refractivity contribution in [2.45, 2.75) is 38.6 Å². The molecule has 1 saturated heterocycles. The average Bonchev–Trinajstić information content (AvgIpc) is 2.88. The van der Waals surface area contributed by atoms with Crippen molar-refractivity contribution in [3.8, 4) is 0 Å². The first-order chi connectivity index (χ1) is 9.63. The highest BCUT2D eigenvalue weighted by atomic mass is 16.1. The summed E-state index contributed by atoms with van der Waals surface area (Å²) in [4.78, 5) is 14.2. The van der Waals surface area contributed by atoms with Crippen molar-refractivity contribution in [2.24, 2.45) is 5.73 Å². The minimum atomic E-state index is -0.103. The third kappa shape index (κ3) is 4.94. The Labute approximate surface area is 121 Å². The van der Waals surface area contributed by atoms with E-state index in [0.29, 0.717) is 6.42 Å². The van der Waals surface area contributed by atoms with Gasteiger partial charge in [-0.1, -0.05) is 12.1 Å². The van der Waals surface area contributed by atoms with Gasteiger partial charge in [-0.25, -0.2) is 0 Å². The van der Waals surface area contributed by atoms with Gasteiger partial charge in [-0.2, -0.15) is 0 Å². The van der Waals surface area contributed by atoms with Crippen LogP contribution in [0.2, 0.25) is 0 Å². The summed E-state index contributed by atoms with van der Waals surface area (Å²) in [6.07, 6.45) is 4.05. The molecule has 3 N–H and O–H groups in total. The third-order valence-electron chi connectivity index (χ3n) is 3.63. The summed E-state index contributed by atoms with van der Waals surface area (Å²) in [7, 11) is 0. The normalized spacial score (nSPS) is 17.1. The summed E-state index contributed by atoms with van der Waals surface area (Å²) in [5, 5.41) is 2.91. The van der Waals surface area contributed by atoms with Crippen molar-refractivity contribution in [2.75, 3.05) is 25.0 Å². The zero-order valence-electron chi connectivity index (χ0n) is 12.3. The minimum absolute atomic E-state index is 0.0170. The van der Waals surface area contributed by atoms with E-state index < -0.39 is 0 Å². The van der Waals surface area contributed by atoms with Gasteiger partial charge >= 0.3 is 0 Å². The Bertz CT molecular complexity index is 439. The number of anilines is 1. The molecule has 1 aromatic rings. The van der Waals surface area contributed by atoms with E-state index in [1.54, 1.807) is 0 Å². The lowest BCUT2D eigenvalue weighted by Crippen LogP contribution is -2.24. The zero-order chi connectivity index (χ0) is 14.4. The molecule has 1 fully saturated rings. The number of likely N-dealkylation sites (tertiary alicyclic amines) is 1. The molecule has 1 unspecified atom stereocenters. The van der Waals surface area contributed by atoms with Crippen molar-refractivity contribution in [1.29, 1.82) is 0 Å². The van der Waals surface area contributed by atoms with Crippen LogP contribution in [0.15, 0.2) is 24.3 Å². The van der Waals surface area contributed by atoms with Gasteiger partial charge in [0.05, 0.1) is 0 Å². The number of amides is 1. The minimum Gasteiger partial charge on any atom is -0.327 e. The Morgan fingerprint density at radius 1 is 1.40 bits per heavy atom. The highest BCUT2D eigenvalue weighted by molar-refractivity contribution is 5.91. The molecule has 0 aromatic heterocycles. The SMILES string of the molecule is CC(N)CC(=O)Nc1cccc(CCN2CCCC2)c1. The highest BCUT2D eigenvalue weighted by Gasteiger charge is 2.11. The lowest BCUT2D eigenvalue weighted by atomic mass is 10.1. The van der Waals surface area contributed by atoms with Crippen molar-refractivity contribution in [3.05, 3.63) is 29.8 Å². The Morgan fingerprint density at radius 2 is 2.15 bits per heavy atom. The average molecular weight is 275 g/mol. The highest BCUT2D eigenvalue weighted by Crippen LogP contribution is 2.14. The lowest BCUT2D eigenvalue weighted by molar-refractivity contribution is -0.116. The Kier molecular flexibility index (Phi) is 5.56. The molecule has 1 aromatic carbocycles. The molecule has 1 aliphatic rings. The molecule has 20 heavy (non-hydrogen) atoms. The van der Waals surface area contributed by atoms with E-state index in [1.807, 2.05) is 19.1 Å². The fraction of sp³-hybridized carbons (Fsp3) is 0.562. The van der Waals surface area contributed by atoms with Crippen LogP contribution >= 0.6 is 0 Å². The largest absolute Gasteiger partial charge is 0.327 e. The second-order valence-electron chi connectivity index (χ2n) is 5.73. The number of hydrogen-bond donors (Lipinski definition) is 2. The van der Waals surface area contributed by atoms with Crippen molar-refractivity contribution >= 4 is 11.6 Å². The summed E-state index contributed by atoms with van der Waals surface area (Å²) < 4.78 is 0. The van der Waals surface area contributed by atoms with Crippen molar-refractivity contribution in [3.63, 3.8) is 0 Å². The van der Waals surface area contributed by atoms with Gasteiger partial charge in [0, 0.05) is 24.7 Å². The smallest absolute Gasteiger partial charge is 0.225 e. The molecule has 110 valence electrons. The van der Waals surface area contributed by atoms with Crippen LogP contribution in [0.3, 0.4) is 0 Å². The van der Waals surface area contributed by atoms with Gasteiger partial charge in [-0.15, -0.1) is 0 Å². The Morgan fingerprint density at radius 3 is 2.85 bits per heavy atom. The van der Waals surface area contributed by atoms with E-state index in [2.05, 4.69) is 22.3 Å². The summed E-state index contributed by atoms with van der Waals surface area (Å²) in [6.45, 7) is 5.40. The molecule has 2 rings (SSSR count). The van der Waals surface area contributed by atoms with Gasteiger partial charge in [-0.3, -0.25) is 4.79 Å². The fourth-order valence-corrected chi connectivity index (χ4v) is 2.60. The summed E-state index contributed by atoms with van der Waals surface area (Å²) in [5.74, 6) is -0.0170. The maximum atomic E-state index is 11.7. The number of nitrogens with zero attached hydrogens (tertiary/aromatic N) is 1. The Hall–Kier alpha value is -1.39. The maximum absolute atomic E-state index is 11.7. The van der Waals surface area contributed by atoms with Gasteiger partial charge in [0.1, 0.15) is 0 Å². The molecule has 0 saturated carbocycles. The number of nitrogens with one attached hydrogen (secondary N) is 1. The molecule has 0 bridgehead atoms. The van der Waals surface area contributed by atoms with Crippen molar-refractivity contribution < 1.29 is 4.79 Å². The van der Waals surface area contributed by atoms with Gasteiger partial charge in [0.2, 0.25) is 5.91 Å². The summed E-state index contributed by atoms with van der Waals surface area (Å²) >= 11 is 0. The van der Waals surface area contributed by atoms with E-state index in [4.69, 9.17) is 5.73 Å². The fourth-order valence-electron chi connectivity index (χ4n) is 2.60. The van der Waals surface area contributed by atoms with Crippen LogP contribution in [-0.2, 0) is 11.2 Å². The third-order valence-corrected chi connectivity index (χ3v) is 3.63. The van der Waals surface area contributed by atoms with Crippen LogP contribution in [0.5, 0.6) is 0 Å². The van der Waals surface area contributed by atoms with Crippen LogP contribution in [0, 0.1) is 0 Å². The molecule has 0 radical (unpaired) electrons. The van der Waals surface area contributed by atoms with Crippen molar-refractivity contribution in [1.82, 2.24) is 4.90 Å². The van der Waals surface area contributed by atoms with E-state index >= 15 is 0 Å². The predicted molar refractivity (Wildman–Crippen MR) is 82.7 cm³/mol. The molecule has 1 heterocycles. The Balaban J connectivity index is 1.85. The maximum Gasteiger partial charge on any atom is 0.225 e. The van der Waals surface area contributed by atoms with Gasteiger partial charge in [0.15, 0.2) is 0 Å². The molecule has 0 aliphatic carbocycles. The van der Waals surface area contributed by atoms with E-state index in [9.17, 15) is 4.79 Å². The van der Waals surface area contributed by atoms with E-state index in [-0.39, 0.29) is 11.9 Å². The first kappa shape index (κ1) is 15.0.